The minimum absolute atomic E-state index is 0.338. The highest BCUT2D eigenvalue weighted by Gasteiger charge is 2.31. The Morgan fingerprint density at radius 2 is 1.77 bits per heavy atom. The van der Waals surface area contributed by atoms with Crippen LogP contribution in [0, 0.1) is 0 Å². The van der Waals surface area contributed by atoms with Gasteiger partial charge in [-0.1, -0.05) is 23.9 Å². The summed E-state index contributed by atoms with van der Waals surface area (Å²) in [4.78, 5) is 12.5. The maximum atomic E-state index is 12.5. The second-order valence-electron chi connectivity index (χ2n) is 6.29. The van der Waals surface area contributed by atoms with E-state index in [2.05, 4.69) is 25.6 Å². The van der Waals surface area contributed by atoms with E-state index in [-0.39, 0.29) is 11.7 Å². The van der Waals surface area contributed by atoms with Crippen molar-refractivity contribution >= 4 is 23.4 Å². The molecule has 0 aliphatic rings. The summed E-state index contributed by atoms with van der Waals surface area (Å²) in [6, 6.07) is 12.3. The van der Waals surface area contributed by atoms with Crippen LogP contribution in [0.5, 0.6) is 11.5 Å². The molecule has 0 aliphatic heterocycles. The third-order valence-corrected chi connectivity index (χ3v) is 5.07. The Balaban J connectivity index is 1.58. The average molecular weight is 453 g/mol. The average Bonchev–Trinajstić information content (AvgIpc) is 3.15. The van der Waals surface area contributed by atoms with Crippen molar-refractivity contribution in [3.8, 4) is 11.5 Å². The van der Waals surface area contributed by atoms with Crippen LogP contribution in [0.2, 0.25) is 0 Å². The highest BCUT2D eigenvalue weighted by molar-refractivity contribution is 8.00. The van der Waals surface area contributed by atoms with Crippen LogP contribution in [-0.2, 0) is 11.3 Å². The molecule has 31 heavy (non-hydrogen) atoms. The van der Waals surface area contributed by atoms with Gasteiger partial charge in [0.25, 0.3) is 0 Å². The second kappa shape index (κ2) is 9.69. The van der Waals surface area contributed by atoms with Gasteiger partial charge in [0, 0.05) is 5.69 Å². The van der Waals surface area contributed by atoms with Gasteiger partial charge in [0.05, 0.1) is 18.9 Å². The van der Waals surface area contributed by atoms with Gasteiger partial charge in [-0.15, -0.1) is 18.3 Å². The molecular formula is C19H18F3N5O3S. The Bertz CT molecular complexity index is 1010. The van der Waals surface area contributed by atoms with Crippen molar-refractivity contribution in [3.05, 3.63) is 54.1 Å². The number of methoxy groups -OCH3 is 1. The Morgan fingerprint density at radius 3 is 2.39 bits per heavy atom. The van der Waals surface area contributed by atoms with Crippen molar-refractivity contribution in [2.45, 2.75) is 30.2 Å². The number of halogens is 3. The first-order valence-corrected chi connectivity index (χ1v) is 9.84. The molecule has 3 rings (SSSR count). The van der Waals surface area contributed by atoms with Gasteiger partial charge in [0.1, 0.15) is 11.5 Å². The van der Waals surface area contributed by atoms with E-state index in [9.17, 15) is 18.0 Å². The summed E-state index contributed by atoms with van der Waals surface area (Å²) < 4.78 is 47.2. The van der Waals surface area contributed by atoms with E-state index >= 15 is 0 Å². The standard InChI is InChI=1S/C19H18F3N5O3S/c1-12(17(28)23-14-5-9-16(10-6-14)30-19(20,21)22)31-18-24-25-26-27(18)11-13-3-7-15(29-2)8-4-13/h3-10,12H,11H2,1-2H3,(H,23,28)/t12-/m0/s1. The van der Waals surface area contributed by atoms with E-state index in [1.807, 2.05) is 24.3 Å². The molecule has 0 spiro atoms. The van der Waals surface area contributed by atoms with Gasteiger partial charge in [-0.3, -0.25) is 4.79 Å². The van der Waals surface area contributed by atoms with E-state index in [1.165, 1.54) is 12.1 Å². The first-order valence-electron chi connectivity index (χ1n) is 8.96. The van der Waals surface area contributed by atoms with Crippen LogP contribution in [0.25, 0.3) is 0 Å². The van der Waals surface area contributed by atoms with Crippen LogP contribution < -0.4 is 14.8 Å². The maximum absolute atomic E-state index is 12.5. The molecule has 8 nitrogen and oxygen atoms in total. The van der Waals surface area contributed by atoms with E-state index < -0.39 is 11.6 Å². The lowest BCUT2D eigenvalue weighted by atomic mass is 10.2. The van der Waals surface area contributed by atoms with Gasteiger partial charge in [0.2, 0.25) is 11.1 Å². The van der Waals surface area contributed by atoms with E-state index in [0.717, 1.165) is 35.2 Å². The minimum Gasteiger partial charge on any atom is -0.497 e. The summed E-state index contributed by atoms with van der Waals surface area (Å²) in [7, 11) is 1.59. The molecule has 0 bridgehead atoms. The van der Waals surface area contributed by atoms with Gasteiger partial charge < -0.3 is 14.8 Å². The molecule has 0 unspecified atom stereocenters. The first-order chi connectivity index (χ1) is 14.7. The van der Waals surface area contributed by atoms with E-state index in [1.54, 1.807) is 18.7 Å². The lowest BCUT2D eigenvalue weighted by Gasteiger charge is -2.13. The molecule has 0 saturated carbocycles. The number of nitrogens with zero attached hydrogens (tertiary/aromatic N) is 4. The topological polar surface area (TPSA) is 91.2 Å². The van der Waals surface area contributed by atoms with Crippen molar-refractivity contribution in [3.63, 3.8) is 0 Å². The summed E-state index contributed by atoms with van der Waals surface area (Å²) in [5.41, 5.74) is 1.29. The van der Waals surface area contributed by atoms with Crippen LogP contribution in [-0.4, -0.2) is 44.8 Å². The van der Waals surface area contributed by atoms with Crippen molar-refractivity contribution in [1.29, 1.82) is 0 Å². The number of benzene rings is 2. The van der Waals surface area contributed by atoms with Crippen LogP contribution in [0.1, 0.15) is 12.5 Å². The quantitative estimate of drug-likeness (QED) is 0.520. The van der Waals surface area contributed by atoms with Gasteiger partial charge in [-0.05, 0) is 59.3 Å². The second-order valence-corrected chi connectivity index (χ2v) is 7.60. The molecule has 0 radical (unpaired) electrons. The molecule has 1 aromatic heterocycles. The number of aromatic nitrogens is 4. The molecule has 1 atom stereocenters. The zero-order chi connectivity index (χ0) is 22.4. The zero-order valence-electron chi connectivity index (χ0n) is 16.5. The Kier molecular flexibility index (Phi) is 7.00. The molecule has 12 heteroatoms. The van der Waals surface area contributed by atoms with Gasteiger partial charge >= 0.3 is 6.36 Å². The van der Waals surface area contributed by atoms with E-state index in [0.29, 0.717) is 17.4 Å². The van der Waals surface area contributed by atoms with Crippen molar-refractivity contribution < 1.29 is 27.4 Å². The fourth-order valence-corrected chi connectivity index (χ4v) is 3.27. The summed E-state index contributed by atoms with van der Waals surface area (Å²) >= 11 is 1.16. The highest BCUT2D eigenvalue weighted by atomic mass is 32.2. The number of anilines is 1. The lowest BCUT2D eigenvalue weighted by molar-refractivity contribution is -0.274. The highest BCUT2D eigenvalue weighted by Crippen LogP contribution is 2.25. The minimum atomic E-state index is -4.77. The van der Waals surface area contributed by atoms with Gasteiger partial charge in [0.15, 0.2) is 0 Å². The molecule has 1 heterocycles. The number of nitrogens with one attached hydrogen (secondary N) is 1. The number of hydrogen-bond acceptors (Lipinski definition) is 7. The van der Waals surface area contributed by atoms with Crippen LogP contribution in [0.4, 0.5) is 18.9 Å². The lowest BCUT2D eigenvalue weighted by Crippen LogP contribution is -2.23. The normalized spacial score (nSPS) is 12.3. The molecule has 164 valence electrons. The molecule has 1 amide bonds. The third kappa shape index (κ3) is 6.60. The monoisotopic (exact) mass is 453 g/mol. The third-order valence-electron chi connectivity index (χ3n) is 4.00. The maximum Gasteiger partial charge on any atom is 0.573 e. The molecule has 0 aliphatic carbocycles. The van der Waals surface area contributed by atoms with Crippen molar-refractivity contribution in [2.24, 2.45) is 0 Å². The number of carbonyl (C=O) groups excluding carboxylic acids is 1. The number of rotatable bonds is 8. The molecule has 0 fully saturated rings. The number of ether oxygens (including phenoxy) is 2. The van der Waals surface area contributed by atoms with Crippen LogP contribution in [0.3, 0.4) is 0 Å². The summed E-state index contributed by atoms with van der Waals surface area (Å²) in [6.07, 6.45) is -4.77. The fraction of sp³-hybridized carbons (Fsp3) is 0.263. The predicted octanol–water partition coefficient (Wildman–Crippen LogP) is 3.75. The first kappa shape index (κ1) is 22.4. The van der Waals surface area contributed by atoms with Crippen molar-refractivity contribution in [2.75, 3.05) is 12.4 Å². The SMILES string of the molecule is COc1ccc(Cn2nnnc2S[C@@H](C)C(=O)Nc2ccc(OC(F)(F)F)cc2)cc1. The zero-order valence-corrected chi connectivity index (χ0v) is 17.3. The number of carbonyl (C=O) groups is 1. The Hall–Kier alpha value is -3.28. The Labute approximate surface area is 179 Å². The largest absolute Gasteiger partial charge is 0.573 e. The fourth-order valence-electron chi connectivity index (χ4n) is 2.48. The number of alkyl halides is 3. The number of hydrogen-bond donors (Lipinski definition) is 1. The van der Waals surface area contributed by atoms with Gasteiger partial charge in [-0.25, -0.2) is 4.68 Å². The number of amides is 1. The summed E-state index contributed by atoms with van der Waals surface area (Å²) in [5, 5.41) is 14.1. The van der Waals surface area contributed by atoms with Crippen molar-refractivity contribution in [1.82, 2.24) is 20.2 Å². The number of tetrazole rings is 1. The molecular weight excluding hydrogens is 435 g/mol. The van der Waals surface area contributed by atoms with Crippen LogP contribution >= 0.6 is 11.8 Å². The molecule has 0 saturated heterocycles. The molecule has 2 aromatic carbocycles. The molecule has 1 N–H and O–H groups in total. The van der Waals surface area contributed by atoms with E-state index in [4.69, 9.17) is 4.74 Å². The number of thioether (sulfide) groups is 1. The molecule has 3 aromatic rings. The van der Waals surface area contributed by atoms with Gasteiger partial charge in [-0.2, -0.15) is 0 Å². The Morgan fingerprint density at radius 1 is 1.13 bits per heavy atom. The van der Waals surface area contributed by atoms with Crippen LogP contribution in [0.15, 0.2) is 53.7 Å². The summed E-state index contributed by atoms with van der Waals surface area (Å²) in [6.45, 7) is 2.09. The smallest absolute Gasteiger partial charge is 0.497 e. The summed E-state index contributed by atoms with van der Waals surface area (Å²) in [5.74, 6) is 0.0116. The predicted molar refractivity (Wildman–Crippen MR) is 107 cm³/mol.